The normalized spacial score (nSPS) is 32.1. The number of hydrogen-bond donors (Lipinski definition) is 1. The second kappa shape index (κ2) is 4.74. The van der Waals surface area contributed by atoms with E-state index in [9.17, 15) is 9.90 Å². The van der Waals surface area contributed by atoms with E-state index in [0.29, 0.717) is 24.0 Å². The van der Waals surface area contributed by atoms with Crippen LogP contribution in [0.3, 0.4) is 0 Å². The maximum Gasteiger partial charge on any atom is 0.197 e. The summed E-state index contributed by atoms with van der Waals surface area (Å²) in [5.41, 5.74) is 1.63. The third kappa shape index (κ3) is 1.74. The minimum atomic E-state index is -0.384. The van der Waals surface area contributed by atoms with Crippen molar-refractivity contribution in [1.82, 2.24) is 4.90 Å². The number of ether oxygens (including phenoxy) is 2. The zero-order chi connectivity index (χ0) is 16.4. The molecule has 0 spiro atoms. The lowest BCUT2D eigenvalue weighted by atomic mass is 9.59. The van der Waals surface area contributed by atoms with E-state index in [1.807, 2.05) is 18.2 Å². The van der Waals surface area contributed by atoms with Gasteiger partial charge in [-0.15, -0.1) is 0 Å². The van der Waals surface area contributed by atoms with Gasteiger partial charge in [0.25, 0.3) is 0 Å². The molecule has 5 heteroatoms. The Morgan fingerprint density at radius 2 is 2.09 bits per heavy atom. The largest absolute Gasteiger partial charge is 0.504 e. The number of nitrogens with zero attached hydrogens (tertiary/aromatic N) is 1. The second-order valence-corrected chi connectivity index (χ2v) is 6.85. The molecule has 0 aromatic heterocycles. The van der Waals surface area contributed by atoms with Crippen LogP contribution in [0.25, 0.3) is 0 Å². The molecule has 1 fully saturated rings. The Morgan fingerprint density at radius 1 is 1.30 bits per heavy atom. The number of fused-ring (bicyclic) bond motifs is 1. The summed E-state index contributed by atoms with van der Waals surface area (Å²) in [7, 11) is 5.19. The molecular formula is C18H21NO4. The van der Waals surface area contributed by atoms with E-state index >= 15 is 0 Å². The smallest absolute Gasteiger partial charge is 0.197 e. The van der Waals surface area contributed by atoms with Gasteiger partial charge in [-0.2, -0.15) is 0 Å². The molecule has 0 unspecified atom stereocenters. The summed E-state index contributed by atoms with van der Waals surface area (Å²) in [5.74, 6) is 1.29. The van der Waals surface area contributed by atoms with Crippen molar-refractivity contribution in [3.05, 3.63) is 35.1 Å². The summed E-state index contributed by atoms with van der Waals surface area (Å²) in [5, 5.41) is 10.8. The molecule has 0 radical (unpaired) electrons. The average molecular weight is 315 g/mol. The zero-order valence-corrected chi connectivity index (χ0v) is 13.6. The van der Waals surface area contributed by atoms with Crippen LogP contribution in [-0.4, -0.2) is 49.6 Å². The fourth-order valence-electron chi connectivity index (χ4n) is 4.91. The van der Waals surface area contributed by atoms with Crippen molar-refractivity contribution < 1.29 is 19.4 Å². The summed E-state index contributed by atoms with van der Waals surface area (Å²) in [6.45, 7) is 0.759. The molecule has 5 nitrogen and oxygen atoms in total. The Morgan fingerprint density at radius 3 is 2.78 bits per heavy atom. The minimum Gasteiger partial charge on any atom is -0.504 e. The monoisotopic (exact) mass is 315 g/mol. The third-order valence-electron chi connectivity index (χ3n) is 5.83. The van der Waals surface area contributed by atoms with Crippen LogP contribution in [-0.2, 0) is 21.4 Å². The van der Waals surface area contributed by atoms with Crippen molar-refractivity contribution in [1.29, 1.82) is 0 Å². The number of likely N-dealkylation sites (tertiary alicyclic amines) is 1. The Bertz CT molecular complexity index is 726. The van der Waals surface area contributed by atoms with Crippen molar-refractivity contribution in [2.75, 3.05) is 27.8 Å². The summed E-state index contributed by atoms with van der Waals surface area (Å²) >= 11 is 0. The number of phenolic OH excluding ortho intramolecular Hbond substituents is 1. The van der Waals surface area contributed by atoms with Crippen LogP contribution in [0.2, 0.25) is 0 Å². The van der Waals surface area contributed by atoms with E-state index in [0.717, 1.165) is 24.1 Å². The summed E-state index contributed by atoms with van der Waals surface area (Å²) in [4.78, 5) is 14.8. The van der Waals surface area contributed by atoms with Crippen LogP contribution in [0.15, 0.2) is 24.0 Å². The van der Waals surface area contributed by atoms with E-state index in [2.05, 4.69) is 11.9 Å². The van der Waals surface area contributed by atoms with Gasteiger partial charge in [-0.3, -0.25) is 4.79 Å². The molecule has 0 saturated carbocycles. The predicted octanol–water partition coefficient (Wildman–Crippen LogP) is 1.63. The molecule has 1 saturated heterocycles. The van der Waals surface area contributed by atoms with Gasteiger partial charge in [-0.25, -0.2) is 0 Å². The average Bonchev–Trinajstić information content (AvgIpc) is 2.71. The molecule has 1 aliphatic heterocycles. The maximum absolute atomic E-state index is 12.5. The van der Waals surface area contributed by atoms with Gasteiger partial charge >= 0.3 is 0 Å². The number of aromatic hydroxyl groups is 1. The molecule has 0 amide bonds. The molecule has 23 heavy (non-hydrogen) atoms. The van der Waals surface area contributed by atoms with Gasteiger partial charge in [-0.05, 0) is 31.2 Å². The van der Waals surface area contributed by atoms with Gasteiger partial charge in [0.15, 0.2) is 23.0 Å². The molecule has 1 N–H and O–H groups in total. The summed E-state index contributed by atoms with van der Waals surface area (Å²) < 4.78 is 10.6. The number of benzene rings is 1. The van der Waals surface area contributed by atoms with Crippen LogP contribution >= 0.6 is 0 Å². The quantitative estimate of drug-likeness (QED) is 0.899. The van der Waals surface area contributed by atoms with Gasteiger partial charge < -0.3 is 19.5 Å². The maximum atomic E-state index is 12.5. The number of hydrogen-bond acceptors (Lipinski definition) is 5. The van der Waals surface area contributed by atoms with Gasteiger partial charge in [-0.1, -0.05) is 6.07 Å². The summed E-state index contributed by atoms with van der Waals surface area (Å²) in [6, 6.07) is 4.16. The Hall–Kier alpha value is -2.01. The second-order valence-electron chi connectivity index (χ2n) is 6.85. The van der Waals surface area contributed by atoms with Crippen molar-refractivity contribution in [2.45, 2.75) is 24.3 Å². The van der Waals surface area contributed by atoms with Crippen LogP contribution in [0.1, 0.15) is 17.5 Å². The number of carbonyl (C=O) groups is 1. The lowest BCUT2D eigenvalue weighted by Gasteiger charge is -2.43. The predicted molar refractivity (Wildman–Crippen MR) is 84.7 cm³/mol. The number of likely N-dealkylation sites (N-methyl/N-ethyl adjacent to an activating group) is 1. The molecule has 1 heterocycles. The molecule has 2 bridgehead atoms. The highest BCUT2D eigenvalue weighted by atomic mass is 16.5. The zero-order valence-electron chi connectivity index (χ0n) is 13.6. The first-order chi connectivity index (χ1) is 11.0. The van der Waals surface area contributed by atoms with E-state index in [1.54, 1.807) is 14.2 Å². The lowest BCUT2D eigenvalue weighted by molar-refractivity contribution is -0.120. The van der Waals surface area contributed by atoms with Crippen LogP contribution in [0, 0.1) is 5.92 Å². The molecule has 4 rings (SSSR count). The van der Waals surface area contributed by atoms with E-state index in [1.165, 1.54) is 0 Å². The molecular weight excluding hydrogens is 294 g/mol. The number of Topliss-reactive ketones (excluding diaryl/α,β-unsaturated/α-hetero) is 1. The van der Waals surface area contributed by atoms with E-state index in [-0.39, 0.29) is 22.9 Å². The third-order valence-corrected chi connectivity index (χ3v) is 5.83. The van der Waals surface area contributed by atoms with Crippen LogP contribution in [0.4, 0.5) is 0 Å². The van der Waals surface area contributed by atoms with Crippen LogP contribution in [0.5, 0.6) is 11.5 Å². The Labute approximate surface area is 135 Å². The SMILES string of the molecule is COC1=C[C@@H]2[C@@H]3Cc4ccc(OC)c(O)c4[C@@]2(CC1=O)CN3C. The first-order valence-corrected chi connectivity index (χ1v) is 7.90. The van der Waals surface area contributed by atoms with Gasteiger partial charge in [0, 0.05) is 35.9 Å². The van der Waals surface area contributed by atoms with Crippen LogP contribution < -0.4 is 4.74 Å². The number of carbonyl (C=O) groups excluding carboxylic acids is 1. The molecule has 3 atom stereocenters. The first kappa shape index (κ1) is 14.6. The van der Waals surface area contributed by atoms with Crippen molar-refractivity contribution in [2.24, 2.45) is 5.92 Å². The number of rotatable bonds is 2. The van der Waals surface area contributed by atoms with Gasteiger partial charge in [0.1, 0.15) is 0 Å². The highest BCUT2D eigenvalue weighted by Crippen LogP contribution is 2.57. The van der Waals surface area contributed by atoms with Gasteiger partial charge in [0.05, 0.1) is 14.2 Å². The fourth-order valence-corrected chi connectivity index (χ4v) is 4.91. The van der Waals surface area contributed by atoms with Crippen molar-refractivity contribution in [3.63, 3.8) is 0 Å². The fraction of sp³-hybridized carbons (Fsp3) is 0.500. The molecule has 1 aromatic carbocycles. The Kier molecular flexibility index (Phi) is 3.00. The summed E-state index contributed by atoms with van der Waals surface area (Å²) in [6.07, 6.45) is 3.20. The molecule has 1 aromatic rings. The topological polar surface area (TPSA) is 59.0 Å². The highest BCUT2D eigenvalue weighted by Gasteiger charge is 2.59. The first-order valence-electron chi connectivity index (χ1n) is 7.90. The van der Waals surface area contributed by atoms with E-state index < -0.39 is 0 Å². The van der Waals surface area contributed by atoms with Crippen molar-refractivity contribution in [3.8, 4) is 11.5 Å². The molecule has 122 valence electrons. The number of phenols is 1. The van der Waals surface area contributed by atoms with Crippen molar-refractivity contribution >= 4 is 5.78 Å². The standard InChI is InChI=1S/C18H21NO4/c1-19-9-18-8-13(20)15(23-3)7-11(18)12(19)6-10-4-5-14(22-2)17(21)16(10)18/h4-5,7,11-12,21H,6,8-9H2,1-3H3/t11-,12+,18+/m1/s1. The number of ketones is 1. The lowest BCUT2D eigenvalue weighted by Crippen LogP contribution is -2.45. The number of methoxy groups -OCH3 is 2. The highest BCUT2D eigenvalue weighted by molar-refractivity contribution is 5.96. The minimum absolute atomic E-state index is 0.00729. The van der Waals surface area contributed by atoms with Gasteiger partial charge in [0.2, 0.25) is 0 Å². The molecule has 2 aliphatic carbocycles. The molecule has 3 aliphatic rings. The van der Waals surface area contributed by atoms with E-state index in [4.69, 9.17) is 9.47 Å². The Balaban J connectivity index is 1.97. The number of allylic oxidation sites excluding steroid dienone is 1.